The number of carboxylic acids is 1. The Hall–Kier alpha value is -1.62. The third-order valence-corrected chi connectivity index (χ3v) is 2.86. The molecule has 1 heterocycles. The summed E-state index contributed by atoms with van der Waals surface area (Å²) in [5.41, 5.74) is 1.30. The van der Waals surface area contributed by atoms with Crippen LogP contribution < -0.4 is 4.74 Å². The van der Waals surface area contributed by atoms with Crippen molar-refractivity contribution in [3.05, 3.63) is 23.4 Å². The summed E-state index contributed by atoms with van der Waals surface area (Å²) in [5, 5.41) is 18.7. The van der Waals surface area contributed by atoms with Crippen LogP contribution in [0.4, 0.5) is 0 Å². The minimum atomic E-state index is -1.01. The van der Waals surface area contributed by atoms with E-state index in [0.29, 0.717) is 30.0 Å². The van der Waals surface area contributed by atoms with Gasteiger partial charge in [-0.1, -0.05) is 6.07 Å². The molecule has 5 nitrogen and oxygen atoms in total. The lowest BCUT2D eigenvalue weighted by atomic mass is 9.83. The molecule has 1 aromatic rings. The van der Waals surface area contributed by atoms with Gasteiger partial charge < -0.3 is 14.9 Å². The van der Waals surface area contributed by atoms with Gasteiger partial charge in [0.25, 0.3) is 0 Å². The zero-order valence-electron chi connectivity index (χ0n) is 8.88. The highest BCUT2D eigenvalue weighted by Crippen LogP contribution is 2.32. The van der Waals surface area contributed by atoms with Crippen LogP contribution in [0, 0.1) is 0 Å². The maximum absolute atomic E-state index is 11.1. The zero-order valence-corrected chi connectivity index (χ0v) is 8.88. The molecule has 1 aliphatic carbocycles. The van der Waals surface area contributed by atoms with Crippen molar-refractivity contribution in [2.45, 2.75) is 24.9 Å². The van der Waals surface area contributed by atoms with Gasteiger partial charge in [0.05, 0.1) is 13.2 Å². The molecule has 0 saturated heterocycles. The summed E-state index contributed by atoms with van der Waals surface area (Å²) >= 11 is 0. The number of carboxylic acid groups (broad SMARTS) is 1. The second kappa shape index (κ2) is 4.09. The van der Waals surface area contributed by atoms with Crippen LogP contribution >= 0.6 is 0 Å². The van der Waals surface area contributed by atoms with Crippen LogP contribution in [0.3, 0.4) is 0 Å². The molecule has 0 spiro atoms. The summed E-state index contributed by atoms with van der Waals surface area (Å²) in [4.78, 5) is 15.3. The quantitative estimate of drug-likeness (QED) is 0.766. The van der Waals surface area contributed by atoms with Gasteiger partial charge in [-0.15, -0.1) is 0 Å². The third-order valence-electron chi connectivity index (χ3n) is 2.86. The number of nitrogens with zero attached hydrogens (tertiary/aromatic N) is 1. The molecule has 0 amide bonds. The van der Waals surface area contributed by atoms with E-state index in [1.165, 1.54) is 7.11 Å². The van der Waals surface area contributed by atoms with Crippen molar-refractivity contribution in [3.8, 4) is 5.88 Å². The van der Waals surface area contributed by atoms with Crippen molar-refractivity contribution in [2.75, 3.05) is 7.11 Å². The summed E-state index contributed by atoms with van der Waals surface area (Å²) in [5.74, 6) is -1.41. The number of aliphatic hydroxyl groups is 1. The molecule has 2 rings (SSSR count). The lowest BCUT2D eigenvalue weighted by Gasteiger charge is -2.26. The molecule has 16 heavy (non-hydrogen) atoms. The van der Waals surface area contributed by atoms with Crippen LogP contribution in [0.25, 0.3) is 0 Å². The molecule has 5 heteroatoms. The Labute approximate surface area is 92.7 Å². The van der Waals surface area contributed by atoms with Crippen molar-refractivity contribution in [1.82, 2.24) is 4.98 Å². The van der Waals surface area contributed by atoms with Gasteiger partial charge in [0.1, 0.15) is 5.92 Å². The second-order valence-corrected chi connectivity index (χ2v) is 3.81. The molecule has 0 aliphatic heterocycles. The number of carbonyl (C=O) groups is 1. The average molecular weight is 223 g/mol. The summed E-state index contributed by atoms with van der Waals surface area (Å²) in [6.07, 6.45) is 0.168. The number of aryl methyl sites for hydroxylation is 1. The number of hydrogen-bond donors (Lipinski definition) is 2. The van der Waals surface area contributed by atoms with Crippen LogP contribution in [0.5, 0.6) is 5.88 Å². The fourth-order valence-corrected chi connectivity index (χ4v) is 2.05. The molecule has 0 radical (unpaired) electrons. The van der Waals surface area contributed by atoms with E-state index < -0.39 is 18.0 Å². The highest BCUT2D eigenvalue weighted by atomic mass is 16.5. The van der Waals surface area contributed by atoms with Crippen LogP contribution in [0.2, 0.25) is 0 Å². The summed E-state index contributed by atoms with van der Waals surface area (Å²) < 4.78 is 4.98. The first-order valence-electron chi connectivity index (χ1n) is 5.08. The third kappa shape index (κ3) is 1.74. The number of hydrogen-bond acceptors (Lipinski definition) is 4. The largest absolute Gasteiger partial charge is 0.481 e. The lowest BCUT2D eigenvalue weighted by molar-refractivity contribution is -0.142. The van der Waals surface area contributed by atoms with Gasteiger partial charge >= 0.3 is 5.97 Å². The van der Waals surface area contributed by atoms with Gasteiger partial charge in [-0.25, -0.2) is 4.98 Å². The van der Waals surface area contributed by atoms with Crippen LogP contribution in [0.15, 0.2) is 12.1 Å². The topological polar surface area (TPSA) is 79.7 Å². The van der Waals surface area contributed by atoms with E-state index in [0.717, 1.165) is 0 Å². The van der Waals surface area contributed by atoms with Gasteiger partial charge in [0, 0.05) is 11.8 Å². The molecule has 0 saturated carbocycles. The Morgan fingerprint density at radius 1 is 1.56 bits per heavy atom. The molecule has 0 bridgehead atoms. The van der Waals surface area contributed by atoms with Crippen molar-refractivity contribution in [2.24, 2.45) is 0 Å². The predicted molar refractivity (Wildman–Crippen MR) is 55.5 cm³/mol. The Morgan fingerprint density at radius 3 is 2.94 bits per heavy atom. The summed E-state index contributed by atoms with van der Waals surface area (Å²) in [6.45, 7) is 0. The molecular formula is C11H13NO4. The number of aliphatic carboxylic acids is 1. The van der Waals surface area contributed by atoms with E-state index in [-0.39, 0.29) is 0 Å². The second-order valence-electron chi connectivity index (χ2n) is 3.81. The van der Waals surface area contributed by atoms with Crippen molar-refractivity contribution < 1.29 is 19.7 Å². The smallest absolute Gasteiger partial charge is 0.313 e. The van der Waals surface area contributed by atoms with Gasteiger partial charge in [0.15, 0.2) is 0 Å². The summed E-state index contributed by atoms with van der Waals surface area (Å²) in [6, 6.07) is 3.29. The number of ether oxygens (including phenoxy) is 1. The molecule has 2 atom stereocenters. The van der Waals surface area contributed by atoms with Gasteiger partial charge in [-0.05, 0) is 18.4 Å². The standard InChI is InChI=1S/C11H13NO4/c1-16-9-5-2-6-7(12-9)3-4-8(13)10(6)11(14)15/h2,5,8,10,13H,3-4H2,1H3,(H,14,15). The van der Waals surface area contributed by atoms with Crippen LogP contribution in [0.1, 0.15) is 23.6 Å². The van der Waals surface area contributed by atoms with Gasteiger partial charge in [-0.2, -0.15) is 0 Å². The number of aromatic nitrogens is 1. The van der Waals surface area contributed by atoms with Crippen LogP contribution in [-0.4, -0.2) is 34.4 Å². The number of methoxy groups -OCH3 is 1. The SMILES string of the molecule is COc1ccc2c(n1)CCC(O)C2C(=O)O. The molecule has 2 unspecified atom stereocenters. The lowest BCUT2D eigenvalue weighted by Crippen LogP contribution is -2.31. The molecule has 86 valence electrons. The first-order valence-corrected chi connectivity index (χ1v) is 5.08. The zero-order chi connectivity index (χ0) is 11.7. The van der Waals surface area contributed by atoms with E-state index in [2.05, 4.69) is 4.98 Å². The van der Waals surface area contributed by atoms with Crippen molar-refractivity contribution >= 4 is 5.97 Å². The fraction of sp³-hybridized carbons (Fsp3) is 0.455. The minimum Gasteiger partial charge on any atom is -0.481 e. The van der Waals surface area contributed by atoms with E-state index in [4.69, 9.17) is 9.84 Å². The van der Waals surface area contributed by atoms with Crippen molar-refractivity contribution in [1.29, 1.82) is 0 Å². The molecule has 1 aliphatic rings. The number of pyridine rings is 1. The van der Waals surface area contributed by atoms with Gasteiger partial charge in [0.2, 0.25) is 5.88 Å². The predicted octanol–water partition coefficient (Wildman–Crippen LogP) is 0.565. The Balaban J connectivity index is 2.44. The van der Waals surface area contributed by atoms with E-state index in [1.807, 2.05) is 0 Å². The molecule has 1 aromatic heterocycles. The highest BCUT2D eigenvalue weighted by Gasteiger charge is 2.34. The first kappa shape index (κ1) is 10.9. The van der Waals surface area contributed by atoms with Gasteiger partial charge in [-0.3, -0.25) is 4.79 Å². The Kier molecular flexibility index (Phi) is 2.78. The molecular weight excluding hydrogens is 210 g/mol. The number of fused-ring (bicyclic) bond motifs is 1. The Morgan fingerprint density at radius 2 is 2.31 bits per heavy atom. The highest BCUT2D eigenvalue weighted by molar-refractivity contribution is 5.77. The van der Waals surface area contributed by atoms with Crippen molar-refractivity contribution in [3.63, 3.8) is 0 Å². The van der Waals surface area contributed by atoms with Crippen LogP contribution in [-0.2, 0) is 11.2 Å². The van der Waals surface area contributed by atoms with E-state index >= 15 is 0 Å². The minimum absolute atomic E-state index is 0.421. The number of rotatable bonds is 2. The maximum Gasteiger partial charge on any atom is 0.313 e. The molecule has 2 N–H and O–H groups in total. The monoisotopic (exact) mass is 223 g/mol. The Bertz CT molecular complexity index is 418. The summed E-state index contributed by atoms with van der Waals surface area (Å²) in [7, 11) is 1.51. The van der Waals surface area contributed by atoms with E-state index in [1.54, 1.807) is 12.1 Å². The number of aliphatic hydroxyl groups excluding tert-OH is 1. The molecule has 0 fully saturated rings. The first-order chi connectivity index (χ1) is 7.63. The van der Waals surface area contributed by atoms with E-state index in [9.17, 15) is 9.90 Å². The fourth-order valence-electron chi connectivity index (χ4n) is 2.05. The average Bonchev–Trinajstić information content (AvgIpc) is 2.27. The normalized spacial score (nSPS) is 23.6. The molecule has 0 aromatic carbocycles. The maximum atomic E-state index is 11.1.